The van der Waals surface area contributed by atoms with Crippen molar-refractivity contribution in [3.05, 3.63) is 0 Å². The molecule has 0 amide bonds. The van der Waals surface area contributed by atoms with E-state index in [1.165, 1.54) is 51.4 Å². The van der Waals surface area contributed by atoms with Crippen LogP contribution in [0.4, 0.5) is 0 Å². The normalized spacial score (nSPS) is 11.4. The minimum absolute atomic E-state index is 0.287. The van der Waals surface area contributed by atoms with Crippen LogP contribution in [-0.4, -0.2) is 36.5 Å². The highest BCUT2D eigenvalue weighted by Crippen LogP contribution is 2.08. The lowest BCUT2D eigenvalue weighted by Crippen LogP contribution is -2.25. The zero-order chi connectivity index (χ0) is 14.2. The Morgan fingerprint density at radius 3 is 2.00 bits per heavy atom. The van der Waals surface area contributed by atoms with Gasteiger partial charge in [-0.1, -0.05) is 58.8 Å². The summed E-state index contributed by atoms with van der Waals surface area (Å²) in [5.74, 6) is 0. The van der Waals surface area contributed by atoms with Gasteiger partial charge in [-0.25, -0.2) is 0 Å². The van der Waals surface area contributed by atoms with E-state index in [-0.39, 0.29) is 6.61 Å². The lowest BCUT2D eigenvalue weighted by atomic mass is 10.1. The van der Waals surface area contributed by atoms with Crippen LogP contribution in [0.1, 0.15) is 78.1 Å². The van der Waals surface area contributed by atoms with Crippen molar-refractivity contribution in [2.24, 2.45) is 0 Å². The van der Waals surface area contributed by atoms with Gasteiger partial charge in [-0.2, -0.15) is 5.06 Å². The molecule has 0 aromatic heterocycles. The highest BCUT2D eigenvalue weighted by molar-refractivity contribution is 4.47. The average molecular weight is 273 g/mol. The van der Waals surface area contributed by atoms with E-state index in [4.69, 9.17) is 9.94 Å². The monoisotopic (exact) mass is 273 g/mol. The molecule has 0 rings (SSSR count). The number of aliphatic hydroxyl groups excluding tert-OH is 1. The molecule has 0 aliphatic carbocycles. The summed E-state index contributed by atoms with van der Waals surface area (Å²) >= 11 is 0. The summed E-state index contributed by atoms with van der Waals surface area (Å²) in [6.07, 6.45) is 12.6. The fourth-order valence-corrected chi connectivity index (χ4v) is 2.14. The Morgan fingerprint density at radius 2 is 1.42 bits per heavy atom. The summed E-state index contributed by atoms with van der Waals surface area (Å²) < 4.78 is 0. The minimum atomic E-state index is 0.287. The van der Waals surface area contributed by atoms with Crippen molar-refractivity contribution in [2.45, 2.75) is 78.1 Å². The molecule has 0 heterocycles. The Bertz CT molecular complexity index is 165. The topological polar surface area (TPSA) is 32.7 Å². The molecule has 0 radical (unpaired) electrons. The van der Waals surface area contributed by atoms with Gasteiger partial charge in [0.25, 0.3) is 0 Å². The molecule has 0 atom stereocenters. The van der Waals surface area contributed by atoms with Crippen molar-refractivity contribution in [3.8, 4) is 0 Å². The number of hydrogen-bond donors (Lipinski definition) is 1. The van der Waals surface area contributed by atoms with E-state index in [1.54, 1.807) is 0 Å². The van der Waals surface area contributed by atoms with Crippen molar-refractivity contribution in [3.63, 3.8) is 0 Å². The van der Waals surface area contributed by atoms with Gasteiger partial charge in [-0.15, -0.1) is 0 Å². The smallest absolute Gasteiger partial charge is 0.0685 e. The fraction of sp³-hybridized carbons (Fsp3) is 1.00. The third kappa shape index (κ3) is 14.1. The van der Waals surface area contributed by atoms with E-state index in [9.17, 15) is 0 Å². The summed E-state index contributed by atoms with van der Waals surface area (Å²) in [6, 6.07) is 0. The third-order valence-corrected chi connectivity index (χ3v) is 3.44. The van der Waals surface area contributed by atoms with Crippen LogP contribution in [0.2, 0.25) is 0 Å². The quantitative estimate of drug-likeness (QED) is 0.359. The maximum Gasteiger partial charge on any atom is 0.0685 e. The van der Waals surface area contributed by atoms with Crippen LogP contribution in [0.3, 0.4) is 0 Å². The first kappa shape index (κ1) is 18.9. The van der Waals surface area contributed by atoms with Crippen LogP contribution in [0.5, 0.6) is 0 Å². The van der Waals surface area contributed by atoms with Crippen LogP contribution in [0, 0.1) is 0 Å². The number of rotatable bonds is 15. The van der Waals surface area contributed by atoms with Crippen LogP contribution in [-0.2, 0) is 4.84 Å². The van der Waals surface area contributed by atoms with Crippen LogP contribution in [0.25, 0.3) is 0 Å². The van der Waals surface area contributed by atoms with E-state index < -0.39 is 0 Å². The molecule has 0 spiro atoms. The molecule has 116 valence electrons. The summed E-state index contributed by atoms with van der Waals surface area (Å²) in [6.45, 7) is 7.39. The summed E-state index contributed by atoms with van der Waals surface area (Å²) in [5.41, 5.74) is 0. The van der Waals surface area contributed by atoms with Crippen LogP contribution in [0.15, 0.2) is 0 Å². The van der Waals surface area contributed by atoms with Gasteiger partial charge in [-0.05, 0) is 19.3 Å². The molecule has 0 aromatic rings. The first-order chi connectivity index (χ1) is 9.35. The Kier molecular flexibility index (Phi) is 15.8. The van der Waals surface area contributed by atoms with Gasteiger partial charge in [-0.3, -0.25) is 4.84 Å². The van der Waals surface area contributed by atoms with Gasteiger partial charge in [0.05, 0.1) is 6.61 Å². The summed E-state index contributed by atoms with van der Waals surface area (Å²) in [5, 5.41) is 10.8. The van der Waals surface area contributed by atoms with Crippen molar-refractivity contribution in [2.75, 3.05) is 26.3 Å². The molecule has 3 nitrogen and oxygen atoms in total. The Morgan fingerprint density at radius 1 is 0.789 bits per heavy atom. The second kappa shape index (κ2) is 15.9. The standard InChI is InChI=1S/C16H35NO2/c1-3-5-6-7-8-9-10-13-16-19-17(4-2)14-11-12-15-18/h18H,3-16H2,1-2H3. The van der Waals surface area contributed by atoms with Gasteiger partial charge in [0.1, 0.15) is 0 Å². The second-order valence-corrected chi connectivity index (χ2v) is 5.26. The first-order valence-electron chi connectivity index (χ1n) is 8.33. The SMILES string of the molecule is CCCCCCCCCCON(CC)CCCCO. The van der Waals surface area contributed by atoms with Gasteiger partial charge >= 0.3 is 0 Å². The minimum Gasteiger partial charge on any atom is -0.396 e. The van der Waals surface area contributed by atoms with E-state index in [0.29, 0.717) is 0 Å². The molecule has 1 N–H and O–H groups in total. The molecule has 0 saturated heterocycles. The Hall–Kier alpha value is -0.120. The zero-order valence-electron chi connectivity index (χ0n) is 13.2. The van der Waals surface area contributed by atoms with E-state index in [0.717, 1.165) is 32.5 Å². The predicted molar refractivity (Wildman–Crippen MR) is 82.1 cm³/mol. The number of nitrogens with zero attached hydrogens (tertiary/aromatic N) is 1. The first-order valence-corrected chi connectivity index (χ1v) is 8.33. The molecular weight excluding hydrogens is 238 g/mol. The number of unbranched alkanes of at least 4 members (excludes halogenated alkanes) is 8. The summed E-state index contributed by atoms with van der Waals surface area (Å²) in [7, 11) is 0. The van der Waals surface area contributed by atoms with Gasteiger partial charge in [0.2, 0.25) is 0 Å². The van der Waals surface area contributed by atoms with Gasteiger partial charge in [0, 0.05) is 19.7 Å². The average Bonchev–Trinajstić information content (AvgIpc) is 2.43. The Labute approximate surface area is 120 Å². The largest absolute Gasteiger partial charge is 0.396 e. The molecule has 0 aliphatic rings. The molecule has 0 saturated carbocycles. The molecule has 0 aromatic carbocycles. The number of hydrogen-bond acceptors (Lipinski definition) is 3. The van der Waals surface area contributed by atoms with E-state index >= 15 is 0 Å². The maximum atomic E-state index is 8.74. The highest BCUT2D eigenvalue weighted by Gasteiger charge is 2.01. The zero-order valence-corrected chi connectivity index (χ0v) is 13.2. The second-order valence-electron chi connectivity index (χ2n) is 5.26. The molecular formula is C16H35NO2. The van der Waals surface area contributed by atoms with Crippen molar-refractivity contribution in [1.82, 2.24) is 5.06 Å². The van der Waals surface area contributed by atoms with Crippen LogP contribution >= 0.6 is 0 Å². The molecule has 0 fully saturated rings. The van der Waals surface area contributed by atoms with Gasteiger partial charge < -0.3 is 5.11 Å². The molecule has 0 aliphatic heterocycles. The van der Waals surface area contributed by atoms with Crippen molar-refractivity contribution < 1.29 is 9.94 Å². The molecule has 19 heavy (non-hydrogen) atoms. The lowest BCUT2D eigenvalue weighted by molar-refractivity contribution is -0.157. The lowest BCUT2D eigenvalue weighted by Gasteiger charge is -2.19. The molecule has 3 heteroatoms. The van der Waals surface area contributed by atoms with Crippen molar-refractivity contribution >= 4 is 0 Å². The maximum absolute atomic E-state index is 8.74. The van der Waals surface area contributed by atoms with Gasteiger partial charge in [0.15, 0.2) is 0 Å². The fourth-order valence-electron chi connectivity index (χ4n) is 2.14. The molecule has 0 unspecified atom stereocenters. The summed E-state index contributed by atoms with van der Waals surface area (Å²) in [4.78, 5) is 5.73. The predicted octanol–water partition coefficient (Wildman–Crippen LogP) is 4.15. The van der Waals surface area contributed by atoms with E-state index in [2.05, 4.69) is 13.8 Å². The Balaban J connectivity index is 3.21. The highest BCUT2D eigenvalue weighted by atomic mass is 16.7. The number of hydroxylamine groups is 2. The van der Waals surface area contributed by atoms with Crippen LogP contribution < -0.4 is 0 Å². The van der Waals surface area contributed by atoms with Crippen molar-refractivity contribution in [1.29, 1.82) is 0 Å². The number of aliphatic hydroxyl groups is 1. The molecule has 0 bridgehead atoms. The third-order valence-electron chi connectivity index (χ3n) is 3.44. The van der Waals surface area contributed by atoms with E-state index in [1.807, 2.05) is 5.06 Å².